The highest BCUT2D eigenvalue weighted by molar-refractivity contribution is 6.33. The lowest BCUT2D eigenvalue weighted by molar-refractivity contribution is 0.624. The molecule has 0 spiro atoms. The van der Waals surface area contributed by atoms with Crippen LogP contribution in [0.15, 0.2) is 30.5 Å². The van der Waals surface area contributed by atoms with Crippen LogP contribution in [0.3, 0.4) is 0 Å². The van der Waals surface area contributed by atoms with Crippen molar-refractivity contribution in [3.63, 3.8) is 0 Å². The van der Waals surface area contributed by atoms with Crippen LogP contribution in [-0.2, 0) is 6.42 Å². The Labute approximate surface area is 122 Å². The molecule has 6 heteroatoms. The molecule has 0 radical (unpaired) electrons. The van der Waals surface area contributed by atoms with E-state index in [9.17, 15) is 4.39 Å². The molecule has 1 aromatic carbocycles. The molecule has 0 bridgehead atoms. The van der Waals surface area contributed by atoms with Gasteiger partial charge in [0, 0.05) is 31.9 Å². The van der Waals surface area contributed by atoms with E-state index < -0.39 is 5.82 Å². The van der Waals surface area contributed by atoms with Crippen molar-refractivity contribution in [3.8, 4) is 0 Å². The van der Waals surface area contributed by atoms with E-state index in [0.29, 0.717) is 13.0 Å². The third kappa shape index (κ3) is 2.93. The van der Waals surface area contributed by atoms with Gasteiger partial charge in [-0.25, -0.2) is 4.39 Å². The highest BCUT2D eigenvalue weighted by atomic mass is 35.5. The van der Waals surface area contributed by atoms with Crippen molar-refractivity contribution in [1.29, 1.82) is 0 Å². The second kappa shape index (κ2) is 5.96. The number of aromatic nitrogens is 1. The fourth-order valence-corrected chi connectivity index (χ4v) is 2.13. The first-order valence-corrected chi connectivity index (χ1v) is 6.52. The lowest BCUT2D eigenvalue weighted by Gasteiger charge is -2.22. The minimum absolute atomic E-state index is 0.0983. The quantitative estimate of drug-likeness (QED) is 0.851. The average Bonchev–Trinajstić information content (AvgIpc) is 2.44. The molecule has 2 rings (SSSR count). The number of hydrogen-bond donors (Lipinski definition) is 2. The zero-order valence-electron chi connectivity index (χ0n) is 11.1. The Morgan fingerprint density at radius 3 is 2.70 bits per heavy atom. The van der Waals surface area contributed by atoms with Crippen LogP contribution in [0, 0.1) is 5.82 Å². The van der Waals surface area contributed by atoms with Gasteiger partial charge in [-0.3, -0.25) is 4.98 Å². The molecule has 1 aromatic heterocycles. The number of likely N-dealkylation sites (N-methyl/N-ethyl adjacent to an activating group) is 1. The van der Waals surface area contributed by atoms with E-state index in [2.05, 4.69) is 4.98 Å². The van der Waals surface area contributed by atoms with Crippen LogP contribution in [0.5, 0.6) is 0 Å². The monoisotopic (exact) mass is 294 g/mol. The van der Waals surface area contributed by atoms with Crippen molar-refractivity contribution in [2.24, 2.45) is 0 Å². The van der Waals surface area contributed by atoms with E-state index in [-0.39, 0.29) is 22.1 Å². The number of benzene rings is 1. The van der Waals surface area contributed by atoms with E-state index in [4.69, 9.17) is 23.1 Å². The van der Waals surface area contributed by atoms with Crippen LogP contribution >= 0.6 is 11.6 Å². The number of anilines is 3. The summed E-state index contributed by atoms with van der Waals surface area (Å²) in [4.78, 5) is 5.94. The van der Waals surface area contributed by atoms with Gasteiger partial charge < -0.3 is 16.4 Å². The van der Waals surface area contributed by atoms with Gasteiger partial charge in [0.2, 0.25) is 0 Å². The zero-order valence-corrected chi connectivity index (χ0v) is 11.9. The fourth-order valence-electron chi connectivity index (χ4n) is 1.98. The molecule has 0 atom stereocenters. The molecular weight excluding hydrogens is 279 g/mol. The van der Waals surface area contributed by atoms with Gasteiger partial charge in [0.05, 0.1) is 17.1 Å². The van der Waals surface area contributed by atoms with E-state index in [1.165, 1.54) is 6.07 Å². The molecule has 0 aliphatic rings. The molecule has 4 N–H and O–H groups in total. The number of hydrogen-bond acceptors (Lipinski definition) is 4. The lowest BCUT2D eigenvalue weighted by Crippen LogP contribution is -2.23. The molecular formula is C14H16ClFN4. The third-order valence-corrected chi connectivity index (χ3v) is 3.43. The first-order chi connectivity index (χ1) is 9.50. The normalized spacial score (nSPS) is 10.6. The molecule has 0 unspecified atom stereocenters. The average molecular weight is 295 g/mol. The maximum Gasteiger partial charge on any atom is 0.169 e. The Hall–Kier alpha value is -2.01. The number of pyridine rings is 1. The summed E-state index contributed by atoms with van der Waals surface area (Å²) < 4.78 is 14.2. The van der Waals surface area contributed by atoms with Crippen LogP contribution in [0.1, 0.15) is 5.69 Å². The summed E-state index contributed by atoms with van der Waals surface area (Å²) in [6, 6.07) is 7.16. The molecule has 4 nitrogen and oxygen atoms in total. The number of nitrogens with two attached hydrogens (primary N) is 2. The van der Waals surface area contributed by atoms with E-state index in [1.54, 1.807) is 18.1 Å². The molecule has 0 aliphatic carbocycles. The predicted molar refractivity (Wildman–Crippen MR) is 81.4 cm³/mol. The Morgan fingerprint density at radius 2 is 2.05 bits per heavy atom. The third-order valence-electron chi connectivity index (χ3n) is 3.05. The zero-order chi connectivity index (χ0) is 14.7. The van der Waals surface area contributed by atoms with Crippen molar-refractivity contribution in [2.75, 3.05) is 30.0 Å². The maximum absolute atomic E-state index is 14.2. The summed E-state index contributed by atoms with van der Waals surface area (Å²) >= 11 is 5.82. The smallest absolute Gasteiger partial charge is 0.169 e. The molecule has 0 saturated carbocycles. The van der Waals surface area contributed by atoms with Crippen molar-refractivity contribution < 1.29 is 4.39 Å². The summed E-state index contributed by atoms with van der Waals surface area (Å²) in [5, 5.41) is -0.0983. The molecule has 0 saturated heterocycles. The van der Waals surface area contributed by atoms with Crippen molar-refractivity contribution >= 4 is 28.7 Å². The van der Waals surface area contributed by atoms with Crippen LogP contribution in [0.2, 0.25) is 5.02 Å². The van der Waals surface area contributed by atoms with Crippen molar-refractivity contribution in [3.05, 3.63) is 47.0 Å². The standard InChI is InChI=1S/C14H16ClFN4/c1-20(7-5-9-4-2-3-6-19-9)14-11(18)8-10(17)12(15)13(14)16/h2-4,6,8H,5,7,17-18H2,1H3. The second-order valence-corrected chi connectivity index (χ2v) is 4.90. The number of nitrogen functional groups attached to an aromatic ring is 2. The van der Waals surface area contributed by atoms with Crippen LogP contribution in [0.25, 0.3) is 0 Å². The highest BCUT2D eigenvalue weighted by Crippen LogP contribution is 2.35. The molecule has 20 heavy (non-hydrogen) atoms. The van der Waals surface area contributed by atoms with Crippen molar-refractivity contribution in [1.82, 2.24) is 4.98 Å². The molecule has 0 aliphatic heterocycles. The number of rotatable bonds is 4. The minimum atomic E-state index is -0.590. The summed E-state index contributed by atoms with van der Waals surface area (Å²) in [6.45, 7) is 0.568. The predicted octanol–water partition coefficient (Wildman–Crippen LogP) is 2.72. The Morgan fingerprint density at radius 1 is 1.30 bits per heavy atom. The SMILES string of the molecule is CN(CCc1ccccn1)c1c(N)cc(N)c(Cl)c1F. The van der Waals surface area contributed by atoms with E-state index in [1.807, 2.05) is 18.2 Å². The summed E-state index contributed by atoms with van der Waals surface area (Å²) in [5.74, 6) is -0.590. The van der Waals surface area contributed by atoms with Crippen molar-refractivity contribution in [2.45, 2.75) is 6.42 Å². The molecule has 2 aromatic rings. The number of nitrogens with zero attached hydrogens (tertiary/aromatic N) is 2. The Bertz CT molecular complexity index is 604. The summed E-state index contributed by atoms with van der Waals surface area (Å²) in [7, 11) is 1.75. The Kier molecular flexibility index (Phi) is 4.29. The first kappa shape index (κ1) is 14.4. The second-order valence-electron chi connectivity index (χ2n) is 4.52. The number of halogens is 2. The van der Waals surface area contributed by atoms with Gasteiger partial charge in [-0.1, -0.05) is 17.7 Å². The van der Waals surface area contributed by atoms with Gasteiger partial charge in [-0.15, -0.1) is 0 Å². The van der Waals surface area contributed by atoms with Gasteiger partial charge in [0.25, 0.3) is 0 Å². The van der Waals surface area contributed by atoms with Gasteiger partial charge in [-0.05, 0) is 18.2 Å². The molecule has 0 amide bonds. The highest BCUT2D eigenvalue weighted by Gasteiger charge is 2.17. The van der Waals surface area contributed by atoms with Crippen LogP contribution in [-0.4, -0.2) is 18.6 Å². The van der Waals surface area contributed by atoms with Crippen LogP contribution in [0.4, 0.5) is 21.5 Å². The maximum atomic E-state index is 14.2. The van der Waals surface area contributed by atoms with Gasteiger partial charge in [0.15, 0.2) is 5.82 Å². The molecule has 0 fully saturated rings. The Balaban J connectivity index is 2.17. The summed E-state index contributed by atoms with van der Waals surface area (Å²) in [6.07, 6.45) is 2.41. The minimum Gasteiger partial charge on any atom is -0.397 e. The summed E-state index contributed by atoms with van der Waals surface area (Å²) in [5.41, 5.74) is 13.0. The lowest BCUT2D eigenvalue weighted by atomic mass is 10.2. The van der Waals surface area contributed by atoms with Gasteiger partial charge in [0.1, 0.15) is 5.02 Å². The largest absolute Gasteiger partial charge is 0.397 e. The molecule has 106 valence electrons. The van der Waals surface area contributed by atoms with Crippen LogP contribution < -0.4 is 16.4 Å². The van der Waals surface area contributed by atoms with Gasteiger partial charge in [-0.2, -0.15) is 0 Å². The topological polar surface area (TPSA) is 68.2 Å². The fraction of sp³-hybridized carbons (Fsp3) is 0.214. The molecule has 1 heterocycles. The van der Waals surface area contributed by atoms with E-state index in [0.717, 1.165) is 5.69 Å². The van der Waals surface area contributed by atoms with E-state index >= 15 is 0 Å². The first-order valence-electron chi connectivity index (χ1n) is 6.14. The van der Waals surface area contributed by atoms with Gasteiger partial charge >= 0.3 is 0 Å².